The first kappa shape index (κ1) is 19.7. The number of carboxylic acids is 1. The van der Waals surface area contributed by atoms with Gasteiger partial charge in [0.25, 0.3) is 5.91 Å². The number of aliphatic carboxylic acids is 1. The molecule has 1 amide bonds. The van der Waals surface area contributed by atoms with E-state index in [9.17, 15) is 9.59 Å². The van der Waals surface area contributed by atoms with Crippen LogP contribution in [0.3, 0.4) is 0 Å². The minimum Gasteiger partial charge on any atom is -0.481 e. The maximum absolute atomic E-state index is 12.5. The van der Waals surface area contributed by atoms with E-state index in [0.717, 1.165) is 11.1 Å². The summed E-state index contributed by atoms with van der Waals surface area (Å²) in [6, 6.07) is 4.88. The van der Waals surface area contributed by atoms with Gasteiger partial charge in [-0.2, -0.15) is 0 Å². The second kappa shape index (κ2) is 9.75. The zero-order valence-corrected chi connectivity index (χ0v) is 14.6. The highest BCUT2D eigenvalue weighted by Gasteiger charge is 2.17. The topological polar surface area (TPSA) is 83.6 Å². The molecule has 23 heavy (non-hydrogen) atoms. The molecule has 5 nitrogen and oxygen atoms in total. The van der Waals surface area contributed by atoms with Gasteiger partial charge in [0.1, 0.15) is 0 Å². The van der Waals surface area contributed by atoms with Crippen molar-refractivity contribution in [2.24, 2.45) is 5.73 Å². The summed E-state index contributed by atoms with van der Waals surface area (Å²) in [7, 11) is 0. The summed E-state index contributed by atoms with van der Waals surface area (Å²) in [6.45, 7) is 2.76. The molecule has 0 fully saturated rings. The molecule has 0 unspecified atom stereocenters. The number of aryl methyl sites for hydroxylation is 1. The number of carboxylic acid groups (broad SMARTS) is 1. The average Bonchev–Trinajstić information content (AvgIpc) is 2.47. The quantitative estimate of drug-likeness (QED) is 0.661. The number of alkyl halides is 2. The van der Waals surface area contributed by atoms with Crippen molar-refractivity contribution >= 4 is 35.1 Å². The van der Waals surface area contributed by atoms with Gasteiger partial charge >= 0.3 is 5.97 Å². The predicted octanol–water partition coefficient (Wildman–Crippen LogP) is 2.26. The molecule has 1 aromatic rings. The van der Waals surface area contributed by atoms with E-state index >= 15 is 0 Å². The van der Waals surface area contributed by atoms with Crippen molar-refractivity contribution in [3.8, 4) is 0 Å². The third-order valence-electron chi connectivity index (χ3n) is 3.51. The lowest BCUT2D eigenvalue weighted by Crippen LogP contribution is -2.34. The fourth-order valence-electron chi connectivity index (χ4n) is 2.30. The van der Waals surface area contributed by atoms with Gasteiger partial charge in [-0.15, -0.1) is 23.2 Å². The van der Waals surface area contributed by atoms with Gasteiger partial charge in [0.2, 0.25) is 0 Å². The Morgan fingerprint density at radius 2 is 1.87 bits per heavy atom. The monoisotopic (exact) mass is 360 g/mol. The van der Waals surface area contributed by atoms with Crippen LogP contribution in [0, 0.1) is 6.92 Å². The molecule has 7 heteroatoms. The van der Waals surface area contributed by atoms with Crippen molar-refractivity contribution in [1.29, 1.82) is 0 Å². The smallest absolute Gasteiger partial charge is 0.304 e. The standard InChI is InChI=1S/C16H22Cl2N2O3/c1-11-2-3-12(16(23)20(6-4-17)7-5-18)8-13(11)9-14(19)10-15(21)22/h2-3,8,14H,4-7,9-10,19H2,1H3,(H,21,22)/t14-/m0/s1. The third kappa shape index (κ3) is 6.37. The van der Waals surface area contributed by atoms with E-state index in [1.807, 2.05) is 13.0 Å². The molecule has 128 valence electrons. The van der Waals surface area contributed by atoms with Gasteiger partial charge in [0, 0.05) is 36.5 Å². The lowest BCUT2D eigenvalue weighted by atomic mass is 9.97. The van der Waals surface area contributed by atoms with Crippen LogP contribution in [0.5, 0.6) is 0 Å². The van der Waals surface area contributed by atoms with Gasteiger partial charge in [0.15, 0.2) is 0 Å². The van der Waals surface area contributed by atoms with E-state index in [1.54, 1.807) is 17.0 Å². The van der Waals surface area contributed by atoms with Crippen molar-refractivity contribution in [3.05, 3.63) is 34.9 Å². The first-order valence-electron chi connectivity index (χ1n) is 7.37. The second-order valence-electron chi connectivity index (χ2n) is 5.37. The molecule has 0 aliphatic carbocycles. The summed E-state index contributed by atoms with van der Waals surface area (Å²) >= 11 is 11.5. The van der Waals surface area contributed by atoms with Crippen LogP contribution >= 0.6 is 23.2 Å². The lowest BCUT2D eigenvalue weighted by molar-refractivity contribution is -0.137. The molecule has 3 N–H and O–H groups in total. The molecule has 1 aromatic carbocycles. The minimum atomic E-state index is -0.933. The molecular weight excluding hydrogens is 339 g/mol. The van der Waals surface area contributed by atoms with E-state index in [2.05, 4.69) is 0 Å². The molecule has 0 heterocycles. The molecule has 0 radical (unpaired) electrons. The highest BCUT2D eigenvalue weighted by atomic mass is 35.5. The highest BCUT2D eigenvalue weighted by Crippen LogP contribution is 2.16. The van der Waals surface area contributed by atoms with Crippen molar-refractivity contribution < 1.29 is 14.7 Å². The van der Waals surface area contributed by atoms with Crippen LogP contribution in [-0.4, -0.2) is 52.8 Å². The second-order valence-corrected chi connectivity index (χ2v) is 6.13. The molecule has 1 atom stereocenters. The minimum absolute atomic E-state index is 0.109. The Morgan fingerprint density at radius 3 is 2.39 bits per heavy atom. The SMILES string of the molecule is Cc1ccc(C(=O)N(CCCl)CCCl)cc1C[C@H](N)CC(=O)O. The Hall–Kier alpha value is -1.30. The van der Waals surface area contributed by atoms with Crippen molar-refractivity contribution in [2.45, 2.75) is 25.8 Å². The maximum Gasteiger partial charge on any atom is 0.304 e. The van der Waals surface area contributed by atoms with Crippen LogP contribution in [0.15, 0.2) is 18.2 Å². The summed E-state index contributed by atoms with van der Waals surface area (Å²) in [5.41, 5.74) is 8.23. The highest BCUT2D eigenvalue weighted by molar-refractivity contribution is 6.18. The zero-order valence-electron chi connectivity index (χ0n) is 13.1. The molecule has 1 rings (SSSR count). The molecule has 0 aliphatic rings. The summed E-state index contributed by atoms with van der Waals surface area (Å²) < 4.78 is 0. The molecule has 0 saturated heterocycles. The van der Waals surface area contributed by atoms with Crippen molar-refractivity contribution in [1.82, 2.24) is 4.90 Å². The Kier molecular flexibility index (Phi) is 8.37. The van der Waals surface area contributed by atoms with Crippen LogP contribution in [-0.2, 0) is 11.2 Å². The molecule has 0 saturated carbocycles. The summed E-state index contributed by atoms with van der Waals surface area (Å²) in [5, 5.41) is 8.80. The average molecular weight is 361 g/mol. The van der Waals surface area contributed by atoms with Gasteiger partial charge in [-0.25, -0.2) is 0 Å². The van der Waals surface area contributed by atoms with E-state index in [1.165, 1.54) is 0 Å². The summed E-state index contributed by atoms with van der Waals surface area (Å²) in [4.78, 5) is 24.9. The Labute approximate surface area is 146 Å². The van der Waals surface area contributed by atoms with Crippen molar-refractivity contribution in [2.75, 3.05) is 24.8 Å². The molecule has 0 aliphatic heterocycles. The van der Waals surface area contributed by atoms with Crippen molar-refractivity contribution in [3.63, 3.8) is 0 Å². The molecular formula is C16H22Cl2N2O3. The Balaban J connectivity index is 2.94. The van der Waals surface area contributed by atoms with Gasteiger partial charge in [-0.3, -0.25) is 9.59 Å². The fourth-order valence-corrected chi connectivity index (χ4v) is 2.71. The summed E-state index contributed by atoms with van der Waals surface area (Å²) in [5.74, 6) is -0.396. The van der Waals surface area contributed by atoms with E-state index < -0.39 is 12.0 Å². The fraction of sp³-hybridized carbons (Fsp3) is 0.500. The molecule has 0 spiro atoms. The summed E-state index contributed by atoms with van der Waals surface area (Å²) in [6.07, 6.45) is 0.298. The largest absolute Gasteiger partial charge is 0.481 e. The first-order chi connectivity index (χ1) is 10.9. The van der Waals surface area contributed by atoms with Crippen LogP contribution in [0.1, 0.15) is 27.9 Å². The van der Waals surface area contributed by atoms with Gasteiger partial charge in [-0.1, -0.05) is 6.07 Å². The predicted molar refractivity (Wildman–Crippen MR) is 92.5 cm³/mol. The van der Waals surface area contributed by atoms with Crippen LogP contribution in [0.2, 0.25) is 0 Å². The van der Waals surface area contributed by atoms with Crippen LogP contribution < -0.4 is 5.73 Å². The van der Waals surface area contributed by atoms with Crippen LogP contribution in [0.4, 0.5) is 0 Å². The number of hydrogen-bond acceptors (Lipinski definition) is 3. The third-order valence-corrected chi connectivity index (χ3v) is 3.85. The number of carbonyl (C=O) groups is 2. The maximum atomic E-state index is 12.5. The van der Waals surface area contributed by atoms with Gasteiger partial charge in [0.05, 0.1) is 6.42 Å². The first-order valence-corrected chi connectivity index (χ1v) is 8.44. The van der Waals surface area contributed by atoms with Gasteiger partial charge in [-0.05, 0) is 36.6 Å². The Bertz CT molecular complexity index is 546. The number of benzene rings is 1. The number of amides is 1. The number of carbonyl (C=O) groups excluding carboxylic acids is 1. The van der Waals surface area contributed by atoms with E-state index in [-0.39, 0.29) is 12.3 Å². The van der Waals surface area contributed by atoms with E-state index in [4.69, 9.17) is 34.0 Å². The van der Waals surface area contributed by atoms with Crippen LogP contribution in [0.25, 0.3) is 0 Å². The number of nitrogens with two attached hydrogens (primary N) is 1. The number of halogens is 2. The number of hydrogen-bond donors (Lipinski definition) is 2. The Morgan fingerprint density at radius 1 is 1.26 bits per heavy atom. The zero-order chi connectivity index (χ0) is 17.4. The normalized spacial score (nSPS) is 12.0. The molecule has 0 aromatic heterocycles. The van der Waals surface area contributed by atoms with Gasteiger partial charge < -0.3 is 15.7 Å². The molecule has 0 bridgehead atoms. The number of nitrogens with zero attached hydrogens (tertiary/aromatic N) is 1. The lowest BCUT2D eigenvalue weighted by Gasteiger charge is -2.21. The van der Waals surface area contributed by atoms with E-state index in [0.29, 0.717) is 36.8 Å². The number of rotatable bonds is 9.